The number of hydrogen-bond acceptors (Lipinski definition) is 7. The van der Waals surface area contributed by atoms with E-state index in [1.54, 1.807) is 12.4 Å². The molecule has 0 unspecified atom stereocenters. The van der Waals surface area contributed by atoms with Crippen molar-refractivity contribution >= 4 is 36.1 Å². The fourth-order valence-corrected chi connectivity index (χ4v) is 8.53. The maximum absolute atomic E-state index is 13.7. The lowest BCUT2D eigenvalue weighted by atomic mass is 9.79. The molecule has 9 nitrogen and oxygen atoms in total. The minimum Gasteiger partial charge on any atom is -0.507 e. The van der Waals surface area contributed by atoms with Crippen LogP contribution < -0.4 is 10.6 Å². The van der Waals surface area contributed by atoms with Crippen LogP contribution in [0.1, 0.15) is 142 Å². The number of unbranched alkanes of at least 4 members (excludes halogenated alkanes) is 1. The second-order valence-corrected chi connectivity index (χ2v) is 20.5. The maximum atomic E-state index is 13.7. The molecule has 2 saturated heterocycles. The van der Waals surface area contributed by atoms with Crippen LogP contribution in [-0.4, -0.2) is 88.7 Å². The highest BCUT2D eigenvalue weighted by atomic mass is 32.2. The average Bonchev–Trinajstić information content (AvgIpc) is 3.60. The van der Waals surface area contributed by atoms with E-state index in [0.717, 1.165) is 47.3 Å². The summed E-state index contributed by atoms with van der Waals surface area (Å²) in [4.78, 5) is 36.8. The Kier molecular flexibility index (Phi) is 13.7. The van der Waals surface area contributed by atoms with Gasteiger partial charge in [0.05, 0.1) is 25.2 Å². The van der Waals surface area contributed by atoms with Gasteiger partial charge in [-0.05, 0) is 57.8 Å². The van der Waals surface area contributed by atoms with Gasteiger partial charge in [0.25, 0.3) is 0 Å². The number of aliphatic imine (C=N–C) groups is 2. The van der Waals surface area contributed by atoms with E-state index in [9.17, 15) is 19.8 Å². The first kappa shape index (κ1) is 43.2. The van der Waals surface area contributed by atoms with Crippen LogP contribution in [-0.2, 0) is 26.5 Å². The van der Waals surface area contributed by atoms with Crippen LogP contribution in [0, 0.1) is 0 Å². The molecule has 2 heterocycles. The Labute approximate surface area is 329 Å². The molecular weight excluding hydrogens is 695 g/mol. The lowest BCUT2D eigenvalue weighted by molar-refractivity contribution is -0.131. The molecule has 0 bridgehead atoms. The Bertz CT molecular complexity index is 1610. The molecule has 10 heteroatoms. The summed E-state index contributed by atoms with van der Waals surface area (Å²) in [6, 6.07) is 8.50. The largest absolute Gasteiger partial charge is 0.507 e. The third kappa shape index (κ3) is 11.3. The van der Waals surface area contributed by atoms with Gasteiger partial charge in [-0.25, -0.2) is 4.79 Å². The third-order valence-electron chi connectivity index (χ3n) is 10.5. The van der Waals surface area contributed by atoms with E-state index in [1.807, 2.05) is 28.8 Å². The number of aromatic hydroxyl groups is 2. The molecule has 3 amide bonds. The number of thioether (sulfide) groups is 1. The van der Waals surface area contributed by atoms with E-state index in [2.05, 4.69) is 106 Å². The summed E-state index contributed by atoms with van der Waals surface area (Å²) in [6.07, 6.45) is 6.53. The van der Waals surface area contributed by atoms with E-state index in [-0.39, 0.29) is 57.2 Å². The number of rotatable bonds is 13. The van der Waals surface area contributed by atoms with E-state index in [4.69, 9.17) is 9.98 Å². The molecular formula is C44H67N5O4S. The van der Waals surface area contributed by atoms with Crippen LogP contribution >= 0.6 is 11.8 Å². The predicted molar refractivity (Wildman–Crippen MR) is 226 cm³/mol. The number of phenolic OH excluding ortho intramolecular Hbond substituents is 2. The van der Waals surface area contributed by atoms with Gasteiger partial charge >= 0.3 is 6.03 Å². The van der Waals surface area contributed by atoms with E-state index in [0.29, 0.717) is 49.0 Å². The number of amides is 3. The zero-order valence-electron chi connectivity index (χ0n) is 35.0. The predicted octanol–water partition coefficient (Wildman–Crippen LogP) is 8.38. The van der Waals surface area contributed by atoms with Crippen LogP contribution in [0.5, 0.6) is 11.5 Å². The number of phenols is 2. The van der Waals surface area contributed by atoms with Crippen molar-refractivity contribution in [2.45, 2.75) is 148 Å². The van der Waals surface area contributed by atoms with Gasteiger partial charge in [0.1, 0.15) is 11.5 Å². The Morgan fingerprint density at radius 2 is 1.24 bits per heavy atom. The van der Waals surface area contributed by atoms with Gasteiger partial charge in [0.2, 0.25) is 5.91 Å². The first-order valence-electron chi connectivity index (χ1n) is 19.7. The van der Waals surface area contributed by atoms with Gasteiger partial charge in [-0.15, -0.1) is 0 Å². The summed E-state index contributed by atoms with van der Waals surface area (Å²) in [6.45, 7) is 27.2. The van der Waals surface area contributed by atoms with Crippen molar-refractivity contribution < 1.29 is 19.8 Å². The van der Waals surface area contributed by atoms with Gasteiger partial charge < -0.3 is 25.7 Å². The topological polar surface area (TPSA) is 127 Å². The minimum absolute atomic E-state index is 0.0633. The normalized spacial score (nSPS) is 19.4. The molecule has 0 spiro atoms. The lowest BCUT2D eigenvalue weighted by Crippen LogP contribution is -2.37. The average molecular weight is 762 g/mol. The zero-order chi connectivity index (χ0) is 40.2. The molecule has 2 fully saturated rings. The highest BCUT2D eigenvalue weighted by molar-refractivity contribution is 8.00. The number of nitrogens with zero attached hydrogens (tertiary/aromatic N) is 3. The van der Waals surface area contributed by atoms with Crippen LogP contribution in [0.3, 0.4) is 0 Å². The highest BCUT2D eigenvalue weighted by Crippen LogP contribution is 2.39. The monoisotopic (exact) mass is 761 g/mol. The zero-order valence-corrected chi connectivity index (χ0v) is 35.8. The van der Waals surface area contributed by atoms with Gasteiger partial charge in [0.15, 0.2) is 0 Å². The molecule has 2 aliphatic rings. The van der Waals surface area contributed by atoms with Crippen molar-refractivity contribution in [3.05, 3.63) is 57.6 Å². The van der Waals surface area contributed by atoms with Crippen LogP contribution in [0.4, 0.5) is 4.79 Å². The van der Waals surface area contributed by atoms with Gasteiger partial charge in [-0.3, -0.25) is 14.8 Å². The summed E-state index contributed by atoms with van der Waals surface area (Å²) < 4.78 is 0. The van der Waals surface area contributed by atoms with Crippen molar-refractivity contribution in [2.24, 2.45) is 9.98 Å². The minimum atomic E-state index is -0.239. The molecule has 3 atom stereocenters. The number of urea groups is 1. The molecule has 0 radical (unpaired) electrons. The van der Waals surface area contributed by atoms with Crippen molar-refractivity contribution in [3.8, 4) is 11.5 Å². The molecule has 2 aromatic carbocycles. The molecule has 2 aromatic rings. The molecule has 2 aliphatic heterocycles. The van der Waals surface area contributed by atoms with Crippen LogP contribution in [0.15, 0.2) is 34.3 Å². The number of carbonyl (C=O) groups is 2. The number of benzene rings is 2. The Balaban J connectivity index is 1.47. The second kappa shape index (κ2) is 17.1. The molecule has 298 valence electrons. The van der Waals surface area contributed by atoms with Crippen molar-refractivity contribution in [2.75, 3.05) is 31.9 Å². The van der Waals surface area contributed by atoms with Crippen molar-refractivity contribution in [1.29, 1.82) is 0 Å². The summed E-state index contributed by atoms with van der Waals surface area (Å²) in [7, 11) is 0. The smallest absolute Gasteiger partial charge is 0.315 e. The third-order valence-corrected chi connectivity index (χ3v) is 12.0. The van der Waals surface area contributed by atoms with Gasteiger partial charge in [-0.1, -0.05) is 102 Å². The summed E-state index contributed by atoms with van der Waals surface area (Å²) >= 11 is 1.90. The summed E-state index contributed by atoms with van der Waals surface area (Å²) in [5.41, 5.74) is 4.73. The summed E-state index contributed by atoms with van der Waals surface area (Å²) in [5, 5.41) is 28.9. The highest BCUT2D eigenvalue weighted by Gasteiger charge is 2.42. The molecule has 0 aliphatic carbocycles. The van der Waals surface area contributed by atoms with E-state index in [1.165, 1.54) is 0 Å². The SMILES string of the molecule is CC(C)(C)c1cc(C=NCCN(CCN=Cc2cc(C(C)(C)C)cc(C(C)(C)C)c2O)C(=O)CCCC[C@@H]2SC[C@@H]3NC(=O)N[C@@H]32)c(O)c(C(C)(C)C)c1. The Morgan fingerprint density at radius 1 is 0.759 bits per heavy atom. The van der Waals surface area contributed by atoms with E-state index >= 15 is 0 Å². The standard InChI is InChI=1S/C44H67N5O4S/c1-41(2,3)30-21-28(38(51)32(23-30)43(7,8)9)25-45-17-19-49(36(50)16-14-13-15-35-37-34(27-54-35)47-40(53)48-37)20-18-46-26-29-22-31(42(4,5)6)24-33(39(29)52)44(10,11)12/h21-26,34-35,37,51-52H,13-20,27H2,1-12H3,(H2,47,48,53)/t34-,35-,37-/m0/s1. The van der Waals surface area contributed by atoms with Gasteiger partial charge in [-0.2, -0.15) is 11.8 Å². The molecule has 54 heavy (non-hydrogen) atoms. The fourth-order valence-electron chi connectivity index (χ4n) is 6.99. The fraction of sp³-hybridized carbons (Fsp3) is 0.636. The molecule has 4 rings (SSSR count). The maximum Gasteiger partial charge on any atom is 0.315 e. The van der Waals surface area contributed by atoms with Gasteiger partial charge in [0, 0.05) is 65.2 Å². The first-order valence-corrected chi connectivity index (χ1v) is 20.7. The van der Waals surface area contributed by atoms with Crippen molar-refractivity contribution in [1.82, 2.24) is 15.5 Å². The van der Waals surface area contributed by atoms with E-state index < -0.39 is 0 Å². The number of hydrogen-bond donors (Lipinski definition) is 4. The molecule has 4 N–H and O–H groups in total. The number of carbonyl (C=O) groups excluding carboxylic acids is 2. The summed E-state index contributed by atoms with van der Waals surface area (Å²) in [5.74, 6) is 1.48. The number of nitrogens with one attached hydrogen (secondary N) is 2. The van der Waals surface area contributed by atoms with Crippen LogP contribution in [0.2, 0.25) is 0 Å². The molecule has 0 aromatic heterocycles. The second-order valence-electron chi connectivity index (χ2n) is 19.2. The first-order chi connectivity index (χ1) is 25.0. The van der Waals surface area contributed by atoms with Crippen molar-refractivity contribution in [3.63, 3.8) is 0 Å². The van der Waals surface area contributed by atoms with Crippen LogP contribution in [0.25, 0.3) is 0 Å². The Morgan fingerprint density at radius 3 is 1.69 bits per heavy atom. The lowest BCUT2D eigenvalue weighted by Gasteiger charge is -2.27. The Hall–Kier alpha value is -3.53. The molecule has 0 saturated carbocycles. The quantitative estimate of drug-likeness (QED) is 0.0927. The number of fused-ring (bicyclic) bond motifs is 1.